The van der Waals surface area contributed by atoms with Crippen LogP contribution in [0.4, 0.5) is 0 Å². The lowest BCUT2D eigenvalue weighted by molar-refractivity contribution is 0.0701. The smallest absolute Gasteiger partial charge is 0.274 e. The summed E-state index contributed by atoms with van der Waals surface area (Å²) in [5.74, 6) is 5.49. The molecule has 0 bridgehead atoms. The van der Waals surface area contributed by atoms with E-state index in [0.717, 1.165) is 12.8 Å². The van der Waals surface area contributed by atoms with Gasteiger partial charge in [0.25, 0.3) is 5.91 Å². The van der Waals surface area contributed by atoms with Crippen molar-refractivity contribution in [2.24, 2.45) is 0 Å². The highest BCUT2D eigenvalue weighted by Crippen LogP contribution is 2.28. The zero-order valence-corrected chi connectivity index (χ0v) is 11.2. The van der Waals surface area contributed by atoms with Crippen molar-refractivity contribution in [1.29, 1.82) is 0 Å². The first-order valence-electron chi connectivity index (χ1n) is 6.74. The predicted octanol–water partition coefficient (Wildman–Crippen LogP) is 0.412. The van der Waals surface area contributed by atoms with Crippen molar-refractivity contribution in [3.05, 3.63) is 29.6 Å². The third-order valence-corrected chi connectivity index (χ3v) is 3.06. The first kappa shape index (κ1) is 14.5. The van der Waals surface area contributed by atoms with Gasteiger partial charge in [0.1, 0.15) is 5.69 Å². The summed E-state index contributed by atoms with van der Waals surface area (Å²) in [6.45, 7) is 0.263. The second-order valence-corrected chi connectivity index (χ2v) is 4.63. The highest BCUT2D eigenvalue weighted by Gasteiger charge is 2.33. The van der Waals surface area contributed by atoms with Gasteiger partial charge in [0, 0.05) is 25.2 Å². The van der Waals surface area contributed by atoms with Crippen molar-refractivity contribution in [2.75, 3.05) is 19.8 Å². The summed E-state index contributed by atoms with van der Waals surface area (Å²) in [5.41, 5.74) is 0.882. The van der Waals surface area contributed by atoms with Crippen molar-refractivity contribution in [3.8, 4) is 11.8 Å². The number of rotatable bonds is 5. The number of carbonyl (C=O) groups is 1. The maximum Gasteiger partial charge on any atom is 0.274 e. The largest absolute Gasteiger partial charge is 0.395 e. The van der Waals surface area contributed by atoms with Crippen molar-refractivity contribution < 1.29 is 15.0 Å². The molecule has 1 aliphatic rings. The van der Waals surface area contributed by atoms with Gasteiger partial charge in [-0.2, -0.15) is 0 Å². The Balaban J connectivity index is 2.22. The Hall–Kier alpha value is -1.90. The Bertz CT molecular complexity index is 529. The number of hydrogen-bond donors (Lipinski definition) is 2. The summed E-state index contributed by atoms with van der Waals surface area (Å²) in [6, 6.07) is 3.69. The van der Waals surface area contributed by atoms with E-state index >= 15 is 0 Å². The van der Waals surface area contributed by atoms with Crippen molar-refractivity contribution in [1.82, 2.24) is 9.88 Å². The SMILES string of the molecule is O=C(c1ncccc1C#CCCO)N(CCO)C1CC1. The standard InChI is InChI=1S/C15H18N2O3/c18-10-2-1-4-12-5-3-8-16-14(12)15(20)17(9-11-19)13-6-7-13/h3,5,8,13,18-19H,2,6-7,9-11H2. The Kier molecular flexibility index (Phi) is 5.10. The number of hydrogen-bond acceptors (Lipinski definition) is 4. The minimum absolute atomic E-state index is 0.00471. The Morgan fingerprint density at radius 1 is 1.40 bits per heavy atom. The molecule has 1 fully saturated rings. The molecule has 20 heavy (non-hydrogen) atoms. The van der Waals surface area contributed by atoms with Crippen LogP contribution < -0.4 is 0 Å². The van der Waals surface area contributed by atoms with E-state index in [2.05, 4.69) is 16.8 Å². The first-order valence-corrected chi connectivity index (χ1v) is 6.74. The molecule has 2 N–H and O–H groups in total. The fourth-order valence-corrected chi connectivity index (χ4v) is 1.97. The fourth-order valence-electron chi connectivity index (χ4n) is 1.97. The Morgan fingerprint density at radius 3 is 2.85 bits per heavy atom. The van der Waals surface area contributed by atoms with Gasteiger partial charge in [-0.05, 0) is 25.0 Å². The minimum atomic E-state index is -0.185. The molecule has 0 saturated heterocycles. The zero-order chi connectivity index (χ0) is 14.4. The lowest BCUT2D eigenvalue weighted by Gasteiger charge is -2.21. The lowest BCUT2D eigenvalue weighted by atomic mass is 10.1. The van der Waals surface area contributed by atoms with Crippen LogP contribution in [-0.4, -0.2) is 51.8 Å². The molecular formula is C15H18N2O3. The Morgan fingerprint density at radius 2 is 2.20 bits per heavy atom. The van der Waals surface area contributed by atoms with Gasteiger partial charge < -0.3 is 15.1 Å². The molecule has 1 saturated carbocycles. The van der Waals surface area contributed by atoms with Crippen molar-refractivity contribution in [3.63, 3.8) is 0 Å². The molecular weight excluding hydrogens is 256 g/mol. The normalized spacial score (nSPS) is 13.5. The van der Waals surface area contributed by atoms with E-state index in [-0.39, 0.29) is 25.2 Å². The third kappa shape index (κ3) is 3.56. The summed E-state index contributed by atoms with van der Waals surface area (Å²) < 4.78 is 0. The zero-order valence-electron chi connectivity index (χ0n) is 11.2. The van der Waals surface area contributed by atoms with Crippen LogP contribution in [0, 0.1) is 11.8 Å². The summed E-state index contributed by atoms with van der Waals surface area (Å²) in [7, 11) is 0. The number of amides is 1. The van der Waals surface area contributed by atoms with E-state index in [1.54, 1.807) is 23.2 Å². The average Bonchev–Trinajstić information content (AvgIpc) is 3.29. The summed E-state index contributed by atoms with van der Waals surface area (Å²) in [4.78, 5) is 18.3. The van der Waals surface area contributed by atoms with Gasteiger partial charge >= 0.3 is 0 Å². The van der Waals surface area contributed by atoms with Crippen molar-refractivity contribution >= 4 is 5.91 Å². The third-order valence-electron chi connectivity index (χ3n) is 3.06. The lowest BCUT2D eigenvalue weighted by Crippen LogP contribution is -2.36. The second kappa shape index (κ2) is 7.04. The fraction of sp³-hybridized carbons (Fsp3) is 0.467. The van der Waals surface area contributed by atoms with Crippen LogP contribution >= 0.6 is 0 Å². The van der Waals surface area contributed by atoms with Gasteiger partial charge in [0.05, 0.1) is 18.8 Å². The van der Waals surface area contributed by atoms with Crippen LogP contribution in [0.1, 0.15) is 35.3 Å². The second-order valence-electron chi connectivity index (χ2n) is 4.63. The molecule has 5 heteroatoms. The molecule has 1 aromatic rings. The van der Waals surface area contributed by atoms with E-state index in [1.807, 2.05) is 0 Å². The number of aliphatic hydroxyl groups excluding tert-OH is 2. The van der Waals surface area contributed by atoms with Gasteiger partial charge in [0.15, 0.2) is 0 Å². The molecule has 0 radical (unpaired) electrons. The van der Waals surface area contributed by atoms with Crippen LogP contribution in [0.15, 0.2) is 18.3 Å². The minimum Gasteiger partial charge on any atom is -0.395 e. The molecule has 1 amide bonds. The molecule has 5 nitrogen and oxygen atoms in total. The van der Waals surface area contributed by atoms with Gasteiger partial charge in [-0.3, -0.25) is 4.79 Å². The quantitative estimate of drug-likeness (QED) is 0.763. The van der Waals surface area contributed by atoms with Crippen LogP contribution in [-0.2, 0) is 0 Å². The van der Waals surface area contributed by atoms with Crippen LogP contribution in [0.5, 0.6) is 0 Å². The maximum atomic E-state index is 12.5. The molecule has 1 aliphatic carbocycles. The molecule has 1 heterocycles. The maximum absolute atomic E-state index is 12.5. The van der Waals surface area contributed by atoms with E-state index in [9.17, 15) is 4.79 Å². The monoisotopic (exact) mass is 274 g/mol. The highest BCUT2D eigenvalue weighted by atomic mass is 16.3. The number of aliphatic hydroxyl groups is 2. The van der Waals surface area contributed by atoms with Crippen LogP contribution in [0.25, 0.3) is 0 Å². The van der Waals surface area contributed by atoms with E-state index in [1.165, 1.54) is 0 Å². The summed E-state index contributed by atoms with van der Waals surface area (Å²) in [6.07, 6.45) is 3.88. The van der Waals surface area contributed by atoms with Gasteiger partial charge in [-0.1, -0.05) is 11.8 Å². The molecule has 2 rings (SSSR count). The topological polar surface area (TPSA) is 73.7 Å². The summed E-state index contributed by atoms with van der Waals surface area (Å²) >= 11 is 0. The van der Waals surface area contributed by atoms with Crippen LogP contribution in [0.3, 0.4) is 0 Å². The van der Waals surface area contributed by atoms with Crippen molar-refractivity contribution in [2.45, 2.75) is 25.3 Å². The van der Waals surface area contributed by atoms with Crippen LogP contribution in [0.2, 0.25) is 0 Å². The number of nitrogens with zero attached hydrogens (tertiary/aromatic N) is 2. The van der Waals surface area contributed by atoms with Gasteiger partial charge in [-0.25, -0.2) is 4.98 Å². The molecule has 0 spiro atoms. The summed E-state index contributed by atoms with van der Waals surface area (Å²) in [5, 5.41) is 17.8. The number of aromatic nitrogens is 1. The molecule has 0 aromatic carbocycles. The van der Waals surface area contributed by atoms with Gasteiger partial charge in [0.2, 0.25) is 0 Å². The molecule has 1 aromatic heterocycles. The highest BCUT2D eigenvalue weighted by molar-refractivity contribution is 5.95. The molecule has 106 valence electrons. The van der Waals surface area contributed by atoms with Gasteiger partial charge in [-0.15, -0.1) is 0 Å². The first-order chi connectivity index (χ1) is 9.77. The van der Waals surface area contributed by atoms with E-state index in [0.29, 0.717) is 24.2 Å². The molecule has 0 unspecified atom stereocenters. The number of carbonyl (C=O) groups excluding carboxylic acids is 1. The average molecular weight is 274 g/mol. The molecule has 0 aliphatic heterocycles. The molecule has 0 atom stereocenters. The Labute approximate surface area is 118 Å². The van der Waals surface area contributed by atoms with E-state index < -0.39 is 0 Å². The number of pyridine rings is 1. The predicted molar refractivity (Wildman–Crippen MR) is 74.0 cm³/mol. The van der Waals surface area contributed by atoms with E-state index in [4.69, 9.17) is 10.2 Å².